The number of nitrogens with one attached hydrogen (secondary N) is 1. The predicted molar refractivity (Wildman–Crippen MR) is 73.9 cm³/mol. The van der Waals surface area contributed by atoms with Crippen LogP contribution in [0.1, 0.15) is 12.5 Å². The molecule has 1 aromatic rings. The van der Waals surface area contributed by atoms with Gasteiger partial charge in [0.15, 0.2) is 0 Å². The summed E-state index contributed by atoms with van der Waals surface area (Å²) < 4.78 is 4.59. The quantitative estimate of drug-likeness (QED) is 0.790. The minimum atomic E-state index is -0.342. The molecule has 5 nitrogen and oxygen atoms in total. The summed E-state index contributed by atoms with van der Waals surface area (Å²) in [7, 11) is 1.34. The molecule has 5 heteroatoms. The molecule has 104 valence electrons. The van der Waals surface area contributed by atoms with E-state index in [0.717, 1.165) is 11.3 Å². The number of benzene rings is 1. The number of amides is 1. The van der Waals surface area contributed by atoms with Gasteiger partial charge in [-0.05, 0) is 25.1 Å². The summed E-state index contributed by atoms with van der Waals surface area (Å²) in [5.41, 5.74) is 1.80. The molecule has 0 atom stereocenters. The number of hydrogen-bond donors (Lipinski definition) is 1. The number of hydrogen-bond acceptors (Lipinski definition) is 4. The number of esters is 1. The summed E-state index contributed by atoms with van der Waals surface area (Å²) in [6.45, 7) is 4.72. The van der Waals surface area contributed by atoms with Crippen LogP contribution in [0.5, 0.6) is 0 Å². The van der Waals surface area contributed by atoms with Crippen molar-refractivity contribution >= 4 is 17.6 Å². The maximum atomic E-state index is 11.9. The van der Waals surface area contributed by atoms with Gasteiger partial charge in [0.25, 0.3) is 0 Å². The van der Waals surface area contributed by atoms with Gasteiger partial charge in [-0.3, -0.25) is 14.5 Å². The van der Waals surface area contributed by atoms with Crippen molar-refractivity contribution in [1.82, 2.24) is 4.90 Å². The standard InChI is InChI=1S/C14H20N2O3/c1-4-16(10-14(18)19-3)9-13(17)15-12-8-6-5-7-11(12)2/h5-8H,4,9-10H2,1-3H3,(H,15,17). The molecule has 1 amide bonds. The van der Waals surface area contributed by atoms with E-state index in [1.807, 2.05) is 38.1 Å². The van der Waals surface area contributed by atoms with E-state index in [1.54, 1.807) is 4.90 Å². The second-order valence-corrected chi connectivity index (χ2v) is 4.24. The summed E-state index contributed by atoms with van der Waals surface area (Å²) in [5.74, 6) is -0.481. The van der Waals surface area contributed by atoms with Crippen LogP contribution in [0.3, 0.4) is 0 Å². The average Bonchev–Trinajstić information content (AvgIpc) is 2.40. The number of para-hydroxylation sites is 1. The Morgan fingerprint density at radius 3 is 2.53 bits per heavy atom. The second-order valence-electron chi connectivity index (χ2n) is 4.24. The van der Waals surface area contributed by atoms with Crippen molar-refractivity contribution in [1.29, 1.82) is 0 Å². The molecule has 19 heavy (non-hydrogen) atoms. The smallest absolute Gasteiger partial charge is 0.319 e. The molecule has 0 fully saturated rings. The highest BCUT2D eigenvalue weighted by Gasteiger charge is 2.13. The Hall–Kier alpha value is -1.88. The maximum absolute atomic E-state index is 11.9. The van der Waals surface area contributed by atoms with Gasteiger partial charge < -0.3 is 10.1 Å². The number of likely N-dealkylation sites (N-methyl/N-ethyl adjacent to an activating group) is 1. The second kappa shape index (κ2) is 7.53. The SMILES string of the molecule is CCN(CC(=O)Nc1ccccc1C)CC(=O)OC. The number of methoxy groups -OCH3 is 1. The van der Waals surface area contributed by atoms with Crippen molar-refractivity contribution in [2.45, 2.75) is 13.8 Å². The monoisotopic (exact) mass is 264 g/mol. The molecule has 0 bridgehead atoms. The van der Waals surface area contributed by atoms with Gasteiger partial charge in [0.1, 0.15) is 0 Å². The number of ether oxygens (including phenoxy) is 1. The first kappa shape index (κ1) is 15.2. The molecule has 1 aromatic carbocycles. The molecule has 0 aliphatic carbocycles. The molecule has 1 rings (SSSR count). The molecule has 0 unspecified atom stereocenters. The van der Waals surface area contributed by atoms with Gasteiger partial charge in [-0.25, -0.2) is 0 Å². The van der Waals surface area contributed by atoms with Crippen LogP contribution < -0.4 is 5.32 Å². The minimum Gasteiger partial charge on any atom is -0.468 e. The zero-order chi connectivity index (χ0) is 14.3. The number of rotatable bonds is 6. The van der Waals surface area contributed by atoms with Crippen LogP contribution in [0.2, 0.25) is 0 Å². The number of anilines is 1. The third-order valence-corrected chi connectivity index (χ3v) is 2.81. The number of carbonyl (C=O) groups is 2. The summed E-state index contributed by atoms with van der Waals surface area (Å²) in [4.78, 5) is 24.8. The van der Waals surface area contributed by atoms with E-state index in [1.165, 1.54) is 7.11 Å². The first-order valence-electron chi connectivity index (χ1n) is 6.21. The van der Waals surface area contributed by atoms with Gasteiger partial charge in [-0.1, -0.05) is 25.1 Å². The third-order valence-electron chi connectivity index (χ3n) is 2.81. The third kappa shape index (κ3) is 5.09. The van der Waals surface area contributed by atoms with Crippen LogP contribution in [-0.4, -0.2) is 43.5 Å². The van der Waals surface area contributed by atoms with Crippen molar-refractivity contribution < 1.29 is 14.3 Å². The molecular weight excluding hydrogens is 244 g/mol. The Morgan fingerprint density at radius 1 is 1.26 bits per heavy atom. The lowest BCUT2D eigenvalue weighted by Gasteiger charge is -2.18. The van der Waals surface area contributed by atoms with Gasteiger partial charge in [-0.15, -0.1) is 0 Å². The maximum Gasteiger partial charge on any atom is 0.319 e. The highest BCUT2D eigenvalue weighted by atomic mass is 16.5. The van der Waals surface area contributed by atoms with Crippen molar-refractivity contribution in [2.75, 3.05) is 32.1 Å². The Bertz CT molecular complexity index is 446. The van der Waals surface area contributed by atoms with E-state index in [0.29, 0.717) is 6.54 Å². The van der Waals surface area contributed by atoms with E-state index in [4.69, 9.17) is 0 Å². The number of carbonyl (C=O) groups excluding carboxylic acids is 2. The van der Waals surface area contributed by atoms with E-state index < -0.39 is 0 Å². The van der Waals surface area contributed by atoms with Crippen molar-refractivity contribution in [3.05, 3.63) is 29.8 Å². The predicted octanol–water partition coefficient (Wildman–Crippen LogP) is 1.43. The van der Waals surface area contributed by atoms with Crippen LogP contribution in [0.15, 0.2) is 24.3 Å². The lowest BCUT2D eigenvalue weighted by atomic mass is 10.2. The van der Waals surface area contributed by atoms with Crippen LogP contribution in [0.25, 0.3) is 0 Å². The molecule has 1 N–H and O–H groups in total. The lowest BCUT2D eigenvalue weighted by Crippen LogP contribution is -2.37. The molecule has 0 aromatic heterocycles. The summed E-state index contributed by atoms with van der Waals surface area (Å²) in [6, 6.07) is 7.57. The van der Waals surface area contributed by atoms with E-state index in [9.17, 15) is 9.59 Å². The summed E-state index contributed by atoms with van der Waals surface area (Å²) in [6.07, 6.45) is 0. The summed E-state index contributed by atoms with van der Waals surface area (Å²) in [5, 5.41) is 2.83. The van der Waals surface area contributed by atoms with E-state index in [2.05, 4.69) is 10.1 Å². The molecule has 0 heterocycles. The zero-order valence-electron chi connectivity index (χ0n) is 11.6. The van der Waals surface area contributed by atoms with Gasteiger partial charge in [-0.2, -0.15) is 0 Å². The molecule has 0 saturated carbocycles. The van der Waals surface area contributed by atoms with Crippen LogP contribution >= 0.6 is 0 Å². The van der Waals surface area contributed by atoms with Crippen molar-refractivity contribution in [3.63, 3.8) is 0 Å². The van der Waals surface area contributed by atoms with Gasteiger partial charge >= 0.3 is 5.97 Å². The van der Waals surface area contributed by atoms with Gasteiger partial charge in [0.2, 0.25) is 5.91 Å². The normalized spacial score (nSPS) is 10.3. The fourth-order valence-corrected chi connectivity index (χ4v) is 1.63. The molecule has 0 saturated heterocycles. The molecule has 0 spiro atoms. The van der Waals surface area contributed by atoms with Crippen molar-refractivity contribution in [2.24, 2.45) is 0 Å². The highest BCUT2D eigenvalue weighted by molar-refractivity contribution is 5.93. The largest absolute Gasteiger partial charge is 0.468 e. The van der Waals surface area contributed by atoms with Gasteiger partial charge in [0, 0.05) is 5.69 Å². The molecular formula is C14H20N2O3. The van der Waals surface area contributed by atoms with Crippen LogP contribution in [0, 0.1) is 6.92 Å². The number of aryl methyl sites for hydroxylation is 1. The van der Waals surface area contributed by atoms with E-state index >= 15 is 0 Å². The molecule has 0 aliphatic rings. The Balaban J connectivity index is 2.54. The first-order chi connectivity index (χ1) is 9.06. The number of nitrogens with zero attached hydrogens (tertiary/aromatic N) is 1. The highest BCUT2D eigenvalue weighted by Crippen LogP contribution is 2.12. The first-order valence-corrected chi connectivity index (χ1v) is 6.21. The van der Waals surface area contributed by atoms with Crippen LogP contribution in [-0.2, 0) is 14.3 Å². The topological polar surface area (TPSA) is 58.6 Å². The van der Waals surface area contributed by atoms with Crippen molar-refractivity contribution in [3.8, 4) is 0 Å². The summed E-state index contributed by atoms with van der Waals surface area (Å²) >= 11 is 0. The molecule has 0 radical (unpaired) electrons. The Labute approximate surface area is 113 Å². The zero-order valence-corrected chi connectivity index (χ0v) is 11.6. The fraction of sp³-hybridized carbons (Fsp3) is 0.429. The van der Waals surface area contributed by atoms with Crippen LogP contribution in [0.4, 0.5) is 5.69 Å². The Morgan fingerprint density at radius 2 is 1.95 bits per heavy atom. The minimum absolute atomic E-state index is 0.119. The van der Waals surface area contributed by atoms with Gasteiger partial charge in [0.05, 0.1) is 20.2 Å². The Kier molecular flexibility index (Phi) is 6.02. The molecule has 0 aliphatic heterocycles. The lowest BCUT2D eigenvalue weighted by molar-refractivity contribution is -0.142. The van der Waals surface area contributed by atoms with E-state index in [-0.39, 0.29) is 25.0 Å². The fourth-order valence-electron chi connectivity index (χ4n) is 1.63. The average molecular weight is 264 g/mol.